The van der Waals surface area contributed by atoms with Crippen LogP contribution in [0.4, 0.5) is 0 Å². The second-order valence-electron chi connectivity index (χ2n) is 3.72. The first-order valence-electron chi connectivity index (χ1n) is 4.38. The molecule has 0 aliphatic carbocycles. The number of piperazine rings is 1. The van der Waals surface area contributed by atoms with Gasteiger partial charge in [0.25, 0.3) is 5.91 Å². The molecule has 0 aromatic carbocycles. The highest BCUT2D eigenvalue weighted by atomic mass is 16.3. The van der Waals surface area contributed by atoms with Crippen LogP contribution in [0.1, 0.15) is 19.8 Å². The minimum Gasteiger partial charge on any atom is -0.363 e. The van der Waals surface area contributed by atoms with Gasteiger partial charge in [-0.2, -0.15) is 0 Å². The Morgan fingerprint density at radius 2 is 2.31 bits per heavy atom. The Bertz CT molecular complexity index is 275. The third kappa shape index (κ3) is 1.11. The molecule has 2 fully saturated rings. The number of carbonyl (C=O) groups excluding carboxylic acids is 2. The number of nitrogens with one attached hydrogen (secondary N) is 1. The van der Waals surface area contributed by atoms with Crippen molar-refractivity contribution in [1.29, 1.82) is 0 Å². The van der Waals surface area contributed by atoms with Crippen LogP contribution in [-0.4, -0.2) is 40.1 Å². The van der Waals surface area contributed by atoms with Crippen LogP contribution in [0.5, 0.6) is 0 Å². The first-order chi connectivity index (χ1) is 6.02. The van der Waals surface area contributed by atoms with Gasteiger partial charge in [-0.05, 0) is 19.8 Å². The van der Waals surface area contributed by atoms with E-state index in [0.717, 1.165) is 6.42 Å². The maximum atomic E-state index is 11.5. The molecule has 2 rings (SSSR count). The SMILES string of the molecule is C[C@@]1(O)NC(=O)[C@@H]2CCCN2C1=O. The minimum atomic E-state index is -1.71. The molecule has 72 valence electrons. The van der Waals surface area contributed by atoms with Crippen molar-refractivity contribution in [3.05, 3.63) is 0 Å². The summed E-state index contributed by atoms with van der Waals surface area (Å²) in [6.07, 6.45) is 1.54. The number of fused-ring (bicyclic) bond motifs is 1. The first-order valence-corrected chi connectivity index (χ1v) is 4.38. The van der Waals surface area contributed by atoms with E-state index in [1.165, 1.54) is 11.8 Å². The average Bonchev–Trinajstić information content (AvgIpc) is 2.47. The molecule has 2 atom stereocenters. The van der Waals surface area contributed by atoms with E-state index in [9.17, 15) is 14.7 Å². The van der Waals surface area contributed by atoms with Gasteiger partial charge in [0.05, 0.1) is 0 Å². The fourth-order valence-corrected chi connectivity index (χ4v) is 1.94. The van der Waals surface area contributed by atoms with Gasteiger partial charge in [-0.3, -0.25) is 9.59 Å². The van der Waals surface area contributed by atoms with Crippen LogP contribution >= 0.6 is 0 Å². The van der Waals surface area contributed by atoms with Gasteiger partial charge in [0.1, 0.15) is 6.04 Å². The van der Waals surface area contributed by atoms with E-state index in [4.69, 9.17) is 0 Å². The number of carbonyl (C=O) groups is 2. The van der Waals surface area contributed by atoms with Crippen LogP contribution in [-0.2, 0) is 9.59 Å². The lowest BCUT2D eigenvalue weighted by molar-refractivity contribution is -0.167. The topological polar surface area (TPSA) is 69.6 Å². The molecule has 0 aromatic rings. The molecule has 2 amide bonds. The van der Waals surface area contributed by atoms with E-state index in [1.54, 1.807) is 0 Å². The maximum absolute atomic E-state index is 11.5. The summed E-state index contributed by atoms with van der Waals surface area (Å²) in [5.41, 5.74) is -1.71. The molecule has 2 saturated heterocycles. The molecule has 0 unspecified atom stereocenters. The Kier molecular flexibility index (Phi) is 1.60. The molecule has 2 heterocycles. The Morgan fingerprint density at radius 3 is 3.00 bits per heavy atom. The van der Waals surface area contributed by atoms with Gasteiger partial charge in [-0.15, -0.1) is 0 Å². The second kappa shape index (κ2) is 2.45. The van der Waals surface area contributed by atoms with Crippen molar-refractivity contribution < 1.29 is 14.7 Å². The van der Waals surface area contributed by atoms with E-state index in [0.29, 0.717) is 13.0 Å². The Labute approximate surface area is 75.7 Å². The number of rotatable bonds is 0. The van der Waals surface area contributed by atoms with Crippen molar-refractivity contribution in [1.82, 2.24) is 10.2 Å². The zero-order chi connectivity index (χ0) is 9.64. The molecular weight excluding hydrogens is 172 g/mol. The van der Waals surface area contributed by atoms with Crippen molar-refractivity contribution in [2.75, 3.05) is 6.54 Å². The molecule has 0 aromatic heterocycles. The normalized spacial score (nSPS) is 38.9. The van der Waals surface area contributed by atoms with Crippen LogP contribution in [0.15, 0.2) is 0 Å². The molecular formula is C8H12N2O3. The Hall–Kier alpha value is -1.10. The lowest BCUT2D eigenvalue weighted by Crippen LogP contribution is -2.67. The van der Waals surface area contributed by atoms with Crippen molar-refractivity contribution in [2.24, 2.45) is 0 Å². The third-order valence-electron chi connectivity index (χ3n) is 2.60. The monoisotopic (exact) mass is 184 g/mol. The van der Waals surface area contributed by atoms with Crippen LogP contribution in [0.3, 0.4) is 0 Å². The second-order valence-corrected chi connectivity index (χ2v) is 3.72. The van der Waals surface area contributed by atoms with Crippen LogP contribution in [0.25, 0.3) is 0 Å². The summed E-state index contributed by atoms with van der Waals surface area (Å²) in [7, 11) is 0. The summed E-state index contributed by atoms with van der Waals surface area (Å²) in [5.74, 6) is -0.642. The molecule has 0 spiro atoms. The molecule has 5 nitrogen and oxygen atoms in total. The summed E-state index contributed by atoms with van der Waals surface area (Å²) in [6.45, 7) is 1.88. The minimum absolute atomic E-state index is 0.248. The highest BCUT2D eigenvalue weighted by Crippen LogP contribution is 2.24. The molecule has 0 radical (unpaired) electrons. The highest BCUT2D eigenvalue weighted by Gasteiger charge is 2.48. The highest BCUT2D eigenvalue weighted by molar-refractivity contribution is 5.98. The van der Waals surface area contributed by atoms with Gasteiger partial charge < -0.3 is 15.3 Å². The van der Waals surface area contributed by atoms with Crippen molar-refractivity contribution in [3.63, 3.8) is 0 Å². The maximum Gasteiger partial charge on any atom is 0.276 e. The van der Waals surface area contributed by atoms with Crippen molar-refractivity contribution in [2.45, 2.75) is 31.5 Å². The van der Waals surface area contributed by atoms with Crippen LogP contribution in [0, 0.1) is 0 Å². The molecule has 2 aliphatic rings. The summed E-state index contributed by atoms with van der Waals surface area (Å²) in [4.78, 5) is 24.4. The lowest BCUT2D eigenvalue weighted by Gasteiger charge is -2.37. The fourth-order valence-electron chi connectivity index (χ4n) is 1.94. The standard InChI is InChI=1S/C8H12N2O3/c1-8(13)7(12)10-4-2-3-5(10)6(11)9-8/h5,13H,2-4H2,1H3,(H,9,11)/t5-,8-/m0/s1. The molecule has 0 saturated carbocycles. The zero-order valence-electron chi connectivity index (χ0n) is 7.41. The number of amides is 2. The summed E-state index contributed by atoms with van der Waals surface area (Å²) >= 11 is 0. The molecule has 5 heteroatoms. The largest absolute Gasteiger partial charge is 0.363 e. The van der Waals surface area contributed by atoms with E-state index in [1.807, 2.05) is 0 Å². The fraction of sp³-hybridized carbons (Fsp3) is 0.750. The molecule has 2 aliphatic heterocycles. The predicted octanol–water partition coefficient (Wildman–Crippen LogP) is -1.18. The van der Waals surface area contributed by atoms with Gasteiger partial charge in [-0.1, -0.05) is 0 Å². The van der Waals surface area contributed by atoms with Gasteiger partial charge >= 0.3 is 0 Å². The van der Waals surface area contributed by atoms with Crippen molar-refractivity contribution >= 4 is 11.8 Å². The van der Waals surface area contributed by atoms with Gasteiger partial charge in [0.15, 0.2) is 0 Å². The van der Waals surface area contributed by atoms with Crippen LogP contribution in [0.2, 0.25) is 0 Å². The number of hydrogen-bond acceptors (Lipinski definition) is 3. The quantitative estimate of drug-likeness (QED) is 0.497. The Balaban J connectivity index is 2.30. The lowest BCUT2D eigenvalue weighted by atomic mass is 10.1. The van der Waals surface area contributed by atoms with E-state index >= 15 is 0 Å². The number of nitrogens with zero attached hydrogens (tertiary/aromatic N) is 1. The average molecular weight is 184 g/mol. The number of hydrogen-bond donors (Lipinski definition) is 2. The summed E-state index contributed by atoms with van der Waals surface area (Å²) < 4.78 is 0. The van der Waals surface area contributed by atoms with Gasteiger partial charge in [-0.25, -0.2) is 0 Å². The van der Waals surface area contributed by atoms with E-state index in [-0.39, 0.29) is 11.9 Å². The van der Waals surface area contributed by atoms with Gasteiger partial charge in [0, 0.05) is 6.54 Å². The van der Waals surface area contributed by atoms with Crippen molar-refractivity contribution in [3.8, 4) is 0 Å². The van der Waals surface area contributed by atoms with Gasteiger partial charge in [0.2, 0.25) is 11.6 Å². The Morgan fingerprint density at radius 1 is 1.62 bits per heavy atom. The summed E-state index contributed by atoms with van der Waals surface area (Å²) in [5, 5.41) is 11.8. The molecule has 0 bridgehead atoms. The molecule has 13 heavy (non-hydrogen) atoms. The van der Waals surface area contributed by atoms with E-state index < -0.39 is 11.6 Å². The van der Waals surface area contributed by atoms with E-state index in [2.05, 4.69) is 5.32 Å². The summed E-state index contributed by atoms with van der Waals surface area (Å²) in [6, 6.07) is -0.354. The van der Waals surface area contributed by atoms with Crippen LogP contribution < -0.4 is 5.32 Å². The number of aliphatic hydroxyl groups is 1. The zero-order valence-corrected chi connectivity index (χ0v) is 7.41. The first kappa shape index (κ1) is 8.50. The predicted molar refractivity (Wildman–Crippen MR) is 43.5 cm³/mol. The smallest absolute Gasteiger partial charge is 0.276 e. The third-order valence-corrected chi connectivity index (χ3v) is 2.60. The molecule has 2 N–H and O–H groups in total.